The molecule has 1 fully saturated rings. The zero-order valence-electron chi connectivity index (χ0n) is 7.13. The van der Waals surface area contributed by atoms with Crippen LogP contribution in [0.25, 0.3) is 0 Å². The second-order valence-electron chi connectivity index (χ2n) is 2.53. The molecule has 0 aromatic heterocycles. The molecule has 2 nitrogen and oxygen atoms in total. The lowest BCUT2D eigenvalue weighted by molar-refractivity contribution is 0.846. The molecule has 70 valence electrons. The Labute approximate surface area is 87.6 Å². The standard InChI is InChI=1S/C7H14N2S3/c1-8-7(10)9-4-6-5-11-2-3-12-6/h6H,2-5H2,1H3,(H2,8,9,10). The van der Waals surface area contributed by atoms with Crippen molar-refractivity contribution in [3.63, 3.8) is 0 Å². The molecule has 0 saturated carbocycles. The van der Waals surface area contributed by atoms with E-state index in [1.54, 1.807) is 0 Å². The van der Waals surface area contributed by atoms with Gasteiger partial charge >= 0.3 is 0 Å². The minimum absolute atomic E-state index is 0.732. The van der Waals surface area contributed by atoms with E-state index >= 15 is 0 Å². The van der Waals surface area contributed by atoms with Crippen molar-refractivity contribution in [1.82, 2.24) is 10.6 Å². The first-order chi connectivity index (χ1) is 5.83. The first-order valence-corrected chi connectivity index (χ1v) is 6.59. The molecule has 1 aliphatic heterocycles. The van der Waals surface area contributed by atoms with Crippen molar-refractivity contribution >= 4 is 40.9 Å². The Bertz CT molecular complexity index is 146. The van der Waals surface area contributed by atoms with Gasteiger partial charge in [-0.25, -0.2) is 0 Å². The monoisotopic (exact) mass is 222 g/mol. The van der Waals surface area contributed by atoms with Crippen molar-refractivity contribution in [2.24, 2.45) is 0 Å². The van der Waals surface area contributed by atoms with Crippen LogP contribution in [0.2, 0.25) is 0 Å². The third-order valence-electron chi connectivity index (χ3n) is 1.60. The van der Waals surface area contributed by atoms with E-state index in [1.807, 2.05) is 30.6 Å². The third kappa shape index (κ3) is 3.87. The molecule has 2 N–H and O–H groups in total. The maximum Gasteiger partial charge on any atom is 0.166 e. The molecule has 1 atom stereocenters. The summed E-state index contributed by atoms with van der Waals surface area (Å²) in [6.45, 7) is 0.997. The van der Waals surface area contributed by atoms with E-state index in [2.05, 4.69) is 10.6 Å². The topological polar surface area (TPSA) is 24.1 Å². The molecule has 0 aromatic carbocycles. The van der Waals surface area contributed by atoms with E-state index < -0.39 is 0 Å². The second-order valence-corrected chi connectivity index (χ2v) is 5.49. The van der Waals surface area contributed by atoms with Crippen LogP contribution in [-0.2, 0) is 0 Å². The largest absolute Gasteiger partial charge is 0.366 e. The highest BCUT2D eigenvalue weighted by molar-refractivity contribution is 8.06. The summed E-state index contributed by atoms with van der Waals surface area (Å²) in [4.78, 5) is 0. The van der Waals surface area contributed by atoms with Gasteiger partial charge in [0.25, 0.3) is 0 Å². The number of thiocarbonyl (C=S) groups is 1. The number of thioether (sulfide) groups is 2. The number of hydrogen-bond acceptors (Lipinski definition) is 3. The molecule has 0 amide bonds. The molecular formula is C7H14N2S3. The van der Waals surface area contributed by atoms with Crippen molar-refractivity contribution in [3.8, 4) is 0 Å². The maximum absolute atomic E-state index is 4.99. The Kier molecular flexibility index (Phi) is 5.18. The summed E-state index contributed by atoms with van der Waals surface area (Å²) in [5, 5.41) is 7.58. The van der Waals surface area contributed by atoms with Crippen molar-refractivity contribution in [3.05, 3.63) is 0 Å². The maximum atomic E-state index is 4.99. The van der Waals surface area contributed by atoms with E-state index in [4.69, 9.17) is 12.2 Å². The molecule has 1 saturated heterocycles. The van der Waals surface area contributed by atoms with Gasteiger partial charge in [-0.1, -0.05) is 0 Å². The molecule has 0 bridgehead atoms. The van der Waals surface area contributed by atoms with Gasteiger partial charge in [0, 0.05) is 36.1 Å². The number of hydrogen-bond donors (Lipinski definition) is 2. The summed E-state index contributed by atoms with van der Waals surface area (Å²) in [5.41, 5.74) is 0. The molecule has 0 aromatic rings. The molecule has 1 heterocycles. The van der Waals surface area contributed by atoms with Crippen LogP contribution in [0.15, 0.2) is 0 Å². The first-order valence-electron chi connectivity index (χ1n) is 3.98. The lowest BCUT2D eigenvalue weighted by Crippen LogP contribution is -2.38. The predicted octanol–water partition coefficient (Wildman–Crippen LogP) is 0.929. The molecule has 1 unspecified atom stereocenters. The van der Waals surface area contributed by atoms with Crippen LogP contribution in [0.5, 0.6) is 0 Å². The molecule has 5 heteroatoms. The fourth-order valence-electron chi connectivity index (χ4n) is 0.949. The van der Waals surface area contributed by atoms with E-state index in [1.165, 1.54) is 17.3 Å². The van der Waals surface area contributed by atoms with Gasteiger partial charge in [0.15, 0.2) is 5.11 Å². The predicted molar refractivity (Wildman–Crippen MR) is 63.2 cm³/mol. The smallest absolute Gasteiger partial charge is 0.166 e. The summed E-state index contributed by atoms with van der Waals surface area (Å²) in [6.07, 6.45) is 0. The van der Waals surface area contributed by atoms with Gasteiger partial charge < -0.3 is 10.6 Å². The van der Waals surface area contributed by atoms with Gasteiger partial charge in [-0.2, -0.15) is 23.5 Å². The molecule has 1 rings (SSSR count). The number of rotatable bonds is 2. The second kappa shape index (κ2) is 5.94. The summed E-state index contributed by atoms with van der Waals surface area (Å²) in [5.74, 6) is 3.84. The van der Waals surface area contributed by atoms with Crippen LogP contribution in [0.4, 0.5) is 0 Å². The minimum atomic E-state index is 0.732. The fraction of sp³-hybridized carbons (Fsp3) is 0.857. The van der Waals surface area contributed by atoms with Gasteiger partial charge in [0.1, 0.15) is 0 Å². The Morgan fingerprint density at radius 2 is 2.42 bits per heavy atom. The van der Waals surface area contributed by atoms with Crippen molar-refractivity contribution in [1.29, 1.82) is 0 Å². The van der Waals surface area contributed by atoms with Crippen molar-refractivity contribution in [2.75, 3.05) is 30.9 Å². The quantitative estimate of drug-likeness (QED) is 0.677. The van der Waals surface area contributed by atoms with Crippen molar-refractivity contribution in [2.45, 2.75) is 5.25 Å². The van der Waals surface area contributed by atoms with Crippen LogP contribution in [0.1, 0.15) is 0 Å². The summed E-state index contributed by atoms with van der Waals surface area (Å²) in [6, 6.07) is 0. The van der Waals surface area contributed by atoms with E-state index in [0.29, 0.717) is 0 Å². The summed E-state index contributed by atoms with van der Waals surface area (Å²) in [7, 11) is 1.85. The lowest BCUT2D eigenvalue weighted by Gasteiger charge is -2.21. The van der Waals surface area contributed by atoms with Gasteiger partial charge in [0.05, 0.1) is 0 Å². The highest BCUT2D eigenvalue weighted by Gasteiger charge is 2.13. The summed E-state index contributed by atoms with van der Waals surface area (Å²) >= 11 is 9.07. The van der Waals surface area contributed by atoms with Gasteiger partial charge in [-0.3, -0.25) is 0 Å². The fourth-order valence-corrected chi connectivity index (χ4v) is 3.64. The van der Waals surface area contributed by atoms with Crippen LogP contribution in [-0.4, -0.2) is 41.2 Å². The van der Waals surface area contributed by atoms with E-state index in [0.717, 1.165) is 16.9 Å². The SMILES string of the molecule is CNC(=S)NCC1CSCCS1. The van der Waals surface area contributed by atoms with Gasteiger partial charge in [-0.05, 0) is 12.2 Å². The highest BCUT2D eigenvalue weighted by Crippen LogP contribution is 2.23. The average molecular weight is 222 g/mol. The Balaban J connectivity index is 2.09. The zero-order chi connectivity index (χ0) is 8.81. The van der Waals surface area contributed by atoms with E-state index in [-0.39, 0.29) is 0 Å². The van der Waals surface area contributed by atoms with Crippen LogP contribution >= 0.6 is 35.7 Å². The van der Waals surface area contributed by atoms with Crippen LogP contribution in [0, 0.1) is 0 Å². The minimum Gasteiger partial charge on any atom is -0.366 e. The number of nitrogens with one attached hydrogen (secondary N) is 2. The van der Waals surface area contributed by atoms with Crippen LogP contribution in [0.3, 0.4) is 0 Å². The molecular weight excluding hydrogens is 208 g/mol. The molecule has 0 radical (unpaired) electrons. The lowest BCUT2D eigenvalue weighted by atomic mass is 10.5. The molecule has 0 aliphatic carbocycles. The van der Waals surface area contributed by atoms with Crippen LogP contribution < -0.4 is 10.6 Å². The Morgan fingerprint density at radius 3 is 3.00 bits per heavy atom. The summed E-state index contributed by atoms with van der Waals surface area (Å²) < 4.78 is 0. The molecule has 1 aliphatic rings. The zero-order valence-corrected chi connectivity index (χ0v) is 9.58. The van der Waals surface area contributed by atoms with Gasteiger partial charge in [-0.15, -0.1) is 0 Å². The third-order valence-corrected chi connectivity index (χ3v) is 4.80. The molecule has 12 heavy (non-hydrogen) atoms. The van der Waals surface area contributed by atoms with E-state index in [9.17, 15) is 0 Å². The average Bonchev–Trinajstić information content (AvgIpc) is 2.16. The highest BCUT2D eigenvalue weighted by atomic mass is 32.2. The Morgan fingerprint density at radius 1 is 1.58 bits per heavy atom. The molecule has 0 spiro atoms. The normalized spacial score (nSPS) is 23.2. The Hall–Kier alpha value is 0.390. The van der Waals surface area contributed by atoms with Gasteiger partial charge in [0.2, 0.25) is 0 Å². The first kappa shape index (κ1) is 10.5. The van der Waals surface area contributed by atoms with Crippen molar-refractivity contribution < 1.29 is 0 Å².